The van der Waals surface area contributed by atoms with Crippen LogP contribution in [-0.2, 0) is 9.59 Å². The molecule has 2 aliphatic carbocycles. The van der Waals surface area contributed by atoms with E-state index in [0.717, 1.165) is 44.9 Å². The summed E-state index contributed by atoms with van der Waals surface area (Å²) in [5, 5.41) is 12.4. The van der Waals surface area contributed by atoms with Crippen LogP contribution in [0.3, 0.4) is 0 Å². The van der Waals surface area contributed by atoms with Crippen molar-refractivity contribution in [2.75, 3.05) is 6.54 Å². The zero-order valence-electron chi connectivity index (χ0n) is 13.1. The lowest BCUT2D eigenvalue weighted by Gasteiger charge is -2.32. The monoisotopic (exact) mass is 303 g/mol. The smallest absolute Gasteiger partial charge is 0.226 e. The van der Waals surface area contributed by atoms with Crippen LogP contribution in [0.4, 0.5) is 0 Å². The molecule has 0 spiro atoms. The molecule has 0 aromatic carbocycles. The van der Waals surface area contributed by atoms with Crippen LogP contribution in [0, 0.1) is 17.2 Å². The molecule has 1 atom stereocenters. The maximum absolute atomic E-state index is 12.5. The number of likely N-dealkylation sites (tertiary alicyclic amines) is 1. The Labute approximate surface area is 132 Å². The third kappa shape index (κ3) is 2.97. The Hall–Kier alpha value is -1.57. The van der Waals surface area contributed by atoms with E-state index < -0.39 is 5.54 Å². The van der Waals surface area contributed by atoms with Gasteiger partial charge in [-0.2, -0.15) is 5.26 Å². The summed E-state index contributed by atoms with van der Waals surface area (Å²) >= 11 is 0. The molecule has 120 valence electrons. The summed E-state index contributed by atoms with van der Waals surface area (Å²) in [5.41, 5.74) is -0.695. The van der Waals surface area contributed by atoms with Crippen LogP contribution in [0.15, 0.2) is 0 Å². The van der Waals surface area contributed by atoms with Crippen LogP contribution in [0.1, 0.15) is 64.2 Å². The molecule has 3 fully saturated rings. The van der Waals surface area contributed by atoms with Gasteiger partial charge in [0.25, 0.3) is 0 Å². The number of hydrogen-bond donors (Lipinski definition) is 1. The molecule has 1 aliphatic heterocycles. The average molecular weight is 303 g/mol. The van der Waals surface area contributed by atoms with Gasteiger partial charge in [0.2, 0.25) is 11.8 Å². The summed E-state index contributed by atoms with van der Waals surface area (Å²) in [6.45, 7) is 0.539. The van der Waals surface area contributed by atoms with Crippen molar-refractivity contribution >= 4 is 11.8 Å². The highest BCUT2D eigenvalue weighted by molar-refractivity contribution is 5.90. The number of nitrogens with one attached hydrogen (secondary N) is 1. The maximum atomic E-state index is 12.5. The van der Waals surface area contributed by atoms with Gasteiger partial charge in [-0.05, 0) is 25.7 Å². The second kappa shape index (κ2) is 6.28. The lowest BCUT2D eigenvalue weighted by molar-refractivity contribution is -0.130. The van der Waals surface area contributed by atoms with E-state index in [-0.39, 0.29) is 17.7 Å². The SMILES string of the molecule is N#CC1(NC(=O)C2CC(=O)N(C3CCCC3)C2)CCCCC1. The molecule has 0 radical (unpaired) electrons. The molecule has 1 N–H and O–H groups in total. The first kappa shape index (κ1) is 15.3. The molecular weight excluding hydrogens is 278 g/mol. The molecule has 0 aromatic rings. The summed E-state index contributed by atoms with van der Waals surface area (Å²) in [6.07, 6.45) is 9.42. The quantitative estimate of drug-likeness (QED) is 0.868. The summed E-state index contributed by atoms with van der Waals surface area (Å²) < 4.78 is 0. The van der Waals surface area contributed by atoms with E-state index in [4.69, 9.17) is 0 Å². The largest absolute Gasteiger partial charge is 0.339 e. The van der Waals surface area contributed by atoms with Crippen LogP contribution in [0.25, 0.3) is 0 Å². The van der Waals surface area contributed by atoms with Gasteiger partial charge < -0.3 is 10.2 Å². The fourth-order valence-electron chi connectivity index (χ4n) is 4.23. The average Bonchev–Trinajstić information content (AvgIpc) is 3.17. The number of amides is 2. The topological polar surface area (TPSA) is 73.2 Å². The van der Waals surface area contributed by atoms with Gasteiger partial charge in [0.15, 0.2) is 0 Å². The predicted octanol–water partition coefficient (Wildman–Crippen LogP) is 2.12. The van der Waals surface area contributed by atoms with Crippen molar-refractivity contribution in [3.8, 4) is 6.07 Å². The Kier molecular flexibility index (Phi) is 4.37. The molecule has 0 aromatic heterocycles. The van der Waals surface area contributed by atoms with Gasteiger partial charge in [-0.3, -0.25) is 9.59 Å². The highest BCUT2D eigenvalue weighted by Gasteiger charge is 2.41. The first-order valence-corrected chi connectivity index (χ1v) is 8.66. The third-order valence-electron chi connectivity index (χ3n) is 5.58. The molecule has 3 aliphatic rings. The van der Waals surface area contributed by atoms with E-state index in [1.165, 1.54) is 12.8 Å². The standard InChI is InChI=1S/C17H25N3O2/c18-12-17(8-4-1-5-9-17)19-16(22)13-10-15(21)20(11-13)14-6-2-3-7-14/h13-14H,1-11H2,(H,19,22). The van der Waals surface area contributed by atoms with Crippen molar-refractivity contribution in [3.05, 3.63) is 0 Å². The van der Waals surface area contributed by atoms with Gasteiger partial charge in [-0.15, -0.1) is 0 Å². The Bertz CT molecular complexity index is 485. The van der Waals surface area contributed by atoms with Gasteiger partial charge in [-0.1, -0.05) is 32.1 Å². The van der Waals surface area contributed by atoms with Crippen LogP contribution < -0.4 is 5.32 Å². The van der Waals surface area contributed by atoms with Gasteiger partial charge in [-0.25, -0.2) is 0 Å². The summed E-state index contributed by atoms with van der Waals surface area (Å²) in [6, 6.07) is 2.66. The molecule has 2 saturated carbocycles. The second-order valence-corrected chi connectivity index (χ2v) is 7.13. The number of rotatable bonds is 3. The van der Waals surface area contributed by atoms with E-state index in [1.54, 1.807) is 0 Å². The molecule has 2 amide bonds. The van der Waals surface area contributed by atoms with Crippen molar-refractivity contribution < 1.29 is 9.59 Å². The first-order valence-electron chi connectivity index (χ1n) is 8.66. The Balaban J connectivity index is 1.61. The van der Waals surface area contributed by atoms with Crippen LogP contribution in [0.5, 0.6) is 0 Å². The highest BCUT2D eigenvalue weighted by Crippen LogP contribution is 2.31. The molecule has 1 unspecified atom stereocenters. The molecule has 5 heteroatoms. The Morgan fingerprint density at radius 2 is 1.86 bits per heavy atom. The van der Waals surface area contributed by atoms with E-state index in [1.807, 2.05) is 4.90 Å². The Morgan fingerprint density at radius 1 is 1.18 bits per heavy atom. The maximum Gasteiger partial charge on any atom is 0.226 e. The molecule has 1 heterocycles. The number of nitrogens with zero attached hydrogens (tertiary/aromatic N) is 2. The van der Waals surface area contributed by atoms with Crippen molar-refractivity contribution in [1.82, 2.24) is 10.2 Å². The number of carbonyl (C=O) groups is 2. The summed E-state index contributed by atoms with van der Waals surface area (Å²) in [5.74, 6) is -0.265. The van der Waals surface area contributed by atoms with Crippen LogP contribution in [0.2, 0.25) is 0 Å². The fourth-order valence-corrected chi connectivity index (χ4v) is 4.23. The van der Waals surface area contributed by atoms with E-state index in [2.05, 4.69) is 11.4 Å². The molecule has 3 rings (SSSR count). The minimum absolute atomic E-state index is 0.0997. The van der Waals surface area contributed by atoms with Crippen molar-refractivity contribution in [2.45, 2.75) is 75.8 Å². The van der Waals surface area contributed by atoms with Crippen molar-refractivity contribution in [1.29, 1.82) is 5.26 Å². The number of carbonyl (C=O) groups excluding carboxylic acids is 2. The molecule has 22 heavy (non-hydrogen) atoms. The van der Waals surface area contributed by atoms with Gasteiger partial charge >= 0.3 is 0 Å². The predicted molar refractivity (Wildman–Crippen MR) is 81.6 cm³/mol. The van der Waals surface area contributed by atoms with Crippen LogP contribution in [-0.4, -0.2) is 34.8 Å². The summed E-state index contributed by atoms with van der Waals surface area (Å²) in [4.78, 5) is 26.7. The van der Waals surface area contributed by atoms with Gasteiger partial charge in [0.05, 0.1) is 12.0 Å². The van der Waals surface area contributed by atoms with E-state index in [9.17, 15) is 14.9 Å². The van der Waals surface area contributed by atoms with Crippen LogP contribution >= 0.6 is 0 Å². The zero-order valence-corrected chi connectivity index (χ0v) is 13.1. The highest BCUT2D eigenvalue weighted by atomic mass is 16.2. The molecule has 5 nitrogen and oxygen atoms in total. The number of hydrogen-bond acceptors (Lipinski definition) is 3. The van der Waals surface area contributed by atoms with E-state index in [0.29, 0.717) is 19.0 Å². The third-order valence-corrected chi connectivity index (χ3v) is 5.58. The molecular formula is C17H25N3O2. The number of nitriles is 1. The minimum atomic E-state index is -0.695. The van der Waals surface area contributed by atoms with Crippen molar-refractivity contribution in [2.24, 2.45) is 5.92 Å². The summed E-state index contributed by atoms with van der Waals surface area (Å²) in [7, 11) is 0. The normalized spacial score (nSPS) is 28.6. The molecule has 0 bridgehead atoms. The van der Waals surface area contributed by atoms with E-state index >= 15 is 0 Å². The zero-order chi connectivity index (χ0) is 15.6. The Morgan fingerprint density at radius 3 is 2.50 bits per heavy atom. The van der Waals surface area contributed by atoms with Crippen molar-refractivity contribution in [3.63, 3.8) is 0 Å². The lowest BCUT2D eigenvalue weighted by Crippen LogP contribution is -2.51. The van der Waals surface area contributed by atoms with Gasteiger partial charge in [0, 0.05) is 19.0 Å². The fraction of sp³-hybridized carbons (Fsp3) is 0.824. The van der Waals surface area contributed by atoms with Gasteiger partial charge in [0.1, 0.15) is 5.54 Å². The molecule has 1 saturated heterocycles. The second-order valence-electron chi connectivity index (χ2n) is 7.13. The minimum Gasteiger partial charge on any atom is -0.339 e. The lowest BCUT2D eigenvalue weighted by atomic mass is 9.82. The first-order chi connectivity index (χ1) is 10.6.